The van der Waals surface area contributed by atoms with E-state index in [1.165, 1.54) is 24.3 Å². The van der Waals surface area contributed by atoms with Gasteiger partial charge in [-0.2, -0.15) is 0 Å². The molecule has 2 aromatic heterocycles. The third kappa shape index (κ3) is 5.42. The number of benzene rings is 1. The summed E-state index contributed by atoms with van der Waals surface area (Å²) in [5, 5.41) is 2.94. The lowest BCUT2D eigenvalue weighted by Crippen LogP contribution is -2.70. The molecule has 0 aliphatic carbocycles. The highest BCUT2D eigenvalue weighted by molar-refractivity contribution is 6.12. The van der Waals surface area contributed by atoms with Gasteiger partial charge >= 0.3 is 6.03 Å². The maximum atomic E-state index is 13.6. The van der Waals surface area contributed by atoms with Gasteiger partial charge in [-0.3, -0.25) is 19.4 Å². The number of urea groups is 1. The van der Waals surface area contributed by atoms with Crippen molar-refractivity contribution in [3.63, 3.8) is 0 Å². The van der Waals surface area contributed by atoms with E-state index < -0.39 is 29.8 Å². The fourth-order valence-electron chi connectivity index (χ4n) is 4.68. The Balaban J connectivity index is 1.61. The van der Waals surface area contributed by atoms with Crippen LogP contribution in [0.5, 0.6) is 0 Å². The van der Waals surface area contributed by atoms with E-state index in [-0.39, 0.29) is 18.4 Å². The summed E-state index contributed by atoms with van der Waals surface area (Å²) < 4.78 is 0. The van der Waals surface area contributed by atoms with E-state index in [0.717, 1.165) is 21.6 Å². The highest BCUT2D eigenvalue weighted by Crippen LogP contribution is 2.33. The van der Waals surface area contributed by atoms with Crippen molar-refractivity contribution in [1.82, 2.24) is 25.2 Å². The number of hydrogen-bond acceptors (Lipinski definition) is 7. The van der Waals surface area contributed by atoms with Gasteiger partial charge < -0.3 is 11.1 Å². The van der Waals surface area contributed by atoms with Gasteiger partial charge in [0.15, 0.2) is 0 Å². The largest absolute Gasteiger partial charge is 0.384 e. The second kappa shape index (κ2) is 10.7. The summed E-state index contributed by atoms with van der Waals surface area (Å²) in [6, 6.07) is 11.0. The molecule has 3 N–H and O–H groups in total. The molecule has 1 aliphatic heterocycles. The molecule has 0 spiro atoms. The molecule has 3 heterocycles. The van der Waals surface area contributed by atoms with E-state index in [0.29, 0.717) is 17.9 Å². The fourth-order valence-corrected chi connectivity index (χ4v) is 4.68. The van der Waals surface area contributed by atoms with Crippen LogP contribution in [0.2, 0.25) is 0 Å². The van der Waals surface area contributed by atoms with Crippen LogP contribution in [0.25, 0.3) is 0 Å². The highest BCUT2D eigenvalue weighted by Gasteiger charge is 2.55. The molecule has 1 fully saturated rings. The number of pyridine rings is 1. The number of aromatic nitrogens is 3. The van der Waals surface area contributed by atoms with Crippen molar-refractivity contribution in [1.29, 1.82) is 0 Å². The number of anilines is 2. The van der Waals surface area contributed by atoms with Crippen LogP contribution in [0.4, 0.5) is 16.6 Å². The van der Waals surface area contributed by atoms with Crippen LogP contribution in [-0.4, -0.2) is 50.8 Å². The first-order valence-corrected chi connectivity index (χ1v) is 12.2. The lowest BCUT2D eigenvalue weighted by atomic mass is 9.81. The maximum Gasteiger partial charge on any atom is 0.325 e. The van der Waals surface area contributed by atoms with E-state index in [2.05, 4.69) is 20.3 Å². The number of nitrogens with two attached hydrogens (primary N) is 1. The van der Waals surface area contributed by atoms with Gasteiger partial charge in [0.1, 0.15) is 11.9 Å². The zero-order chi connectivity index (χ0) is 26.7. The first kappa shape index (κ1) is 25.7. The Bertz CT molecular complexity index is 1290. The summed E-state index contributed by atoms with van der Waals surface area (Å²) in [6.45, 7) is 5.74. The summed E-state index contributed by atoms with van der Waals surface area (Å²) in [6.07, 6.45) is 3.91. The molecular formula is C27H31N7O3. The SMILES string of the molecule is CC[C@@H](NC(=O)N1C(=O)[C@H](Cc2cc(C)nc(N)c2)[C@H]1C(=O)N(C)c1ncccn1)c1cccc(C)c1. The Kier molecular flexibility index (Phi) is 7.47. The summed E-state index contributed by atoms with van der Waals surface area (Å²) in [4.78, 5) is 55.1. The van der Waals surface area contributed by atoms with Crippen molar-refractivity contribution in [3.05, 3.63) is 77.2 Å². The number of nitrogens with one attached hydrogen (secondary N) is 1. The van der Waals surface area contributed by atoms with Crippen LogP contribution < -0.4 is 16.0 Å². The van der Waals surface area contributed by atoms with Gasteiger partial charge in [-0.15, -0.1) is 0 Å². The van der Waals surface area contributed by atoms with E-state index in [1.54, 1.807) is 12.1 Å². The Labute approximate surface area is 215 Å². The fraction of sp³-hybridized carbons (Fsp3) is 0.333. The molecule has 1 aromatic carbocycles. The molecule has 1 saturated heterocycles. The molecule has 0 bridgehead atoms. The minimum absolute atomic E-state index is 0.182. The molecule has 37 heavy (non-hydrogen) atoms. The van der Waals surface area contributed by atoms with Crippen LogP contribution in [-0.2, 0) is 16.0 Å². The predicted molar refractivity (Wildman–Crippen MR) is 139 cm³/mol. The van der Waals surface area contributed by atoms with E-state index in [9.17, 15) is 14.4 Å². The maximum absolute atomic E-state index is 13.6. The molecular weight excluding hydrogens is 470 g/mol. The number of likely N-dealkylation sites (N-methyl/N-ethyl adjacent to an activating group) is 1. The van der Waals surface area contributed by atoms with Crippen molar-refractivity contribution >= 4 is 29.6 Å². The zero-order valence-electron chi connectivity index (χ0n) is 21.4. The van der Waals surface area contributed by atoms with Crippen molar-refractivity contribution in [2.24, 2.45) is 5.92 Å². The summed E-state index contributed by atoms with van der Waals surface area (Å²) in [5.74, 6) is -1.11. The van der Waals surface area contributed by atoms with E-state index in [4.69, 9.17) is 5.73 Å². The van der Waals surface area contributed by atoms with Crippen LogP contribution in [0, 0.1) is 19.8 Å². The monoisotopic (exact) mass is 501 g/mol. The third-order valence-corrected chi connectivity index (χ3v) is 6.51. The summed E-state index contributed by atoms with van der Waals surface area (Å²) >= 11 is 0. The number of imide groups is 1. The number of likely N-dealkylation sites (tertiary alicyclic amines) is 1. The number of amides is 4. The van der Waals surface area contributed by atoms with Gasteiger partial charge in [-0.25, -0.2) is 19.7 Å². The standard InChI is InChI=1S/C27H31N7O3/c1-5-21(19-9-6-8-16(2)12-19)32-27(37)34-23(25(36)33(4)26-29-10-7-11-30-26)20(24(34)35)14-18-13-17(3)31-22(28)15-18/h6-13,15,20-21,23H,5,14H2,1-4H3,(H2,28,31)(H,32,37)/t20-,21-,23+/m1/s1. The van der Waals surface area contributed by atoms with Gasteiger partial charge in [0, 0.05) is 25.1 Å². The van der Waals surface area contributed by atoms with Crippen LogP contribution in [0.15, 0.2) is 54.9 Å². The van der Waals surface area contributed by atoms with Crippen molar-refractivity contribution in [2.45, 2.75) is 45.7 Å². The van der Waals surface area contributed by atoms with Gasteiger partial charge in [0.2, 0.25) is 11.9 Å². The molecule has 0 unspecified atom stereocenters. The lowest BCUT2D eigenvalue weighted by molar-refractivity contribution is -0.156. The average molecular weight is 502 g/mol. The van der Waals surface area contributed by atoms with Crippen molar-refractivity contribution in [2.75, 3.05) is 17.7 Å². The molecule has 3 atom stereocenters. The first-order chi connectivity index (χ1) is 17.7. The number of hydrogen-bond donors (Lipinski definition) is 2. The second-order valence-electron chi connectivity index (χ2n) is 9.28. The molecule has 192 valence electrons. The minimum atomic E-state index is -1.02. The summed E-state index contributed by atoms with van der Waals surface area (Å²) in [5.41, 5.74) is 9.37. The molecule has 10 nitrogen and oxygen atoms in total. The average Bonchev–Trinajstić information content (AvgIpc) is 2.87. The lowest BCUT2D eigenvalue weighted by Gasteiger charge is -2.45. The minimum Gasteiger partial charge on any atom is -0.384 e. The molecule has 0 saturated carbocycles. The normalized spacial score (nSPS) is 17.6. The number of β-lactam (4-membered cyclic amide) rings is 1. The van der Waals surface area contributed by atoms with E-state index >= 15 is 0 Å². The molecule has 4 rings (SSSR count). The second-order valence-corrected chi connectivity index (χ2v) is 9.28. The van der Waals surface area contributed by atoms with Crippen LogP contribution in [0.3, 0.4) is 0 Å². The number of carbonyl (C=O) groups excluding carboxylic acids is 3. The van der Waals surface area contributed by atoms with Gasteiger partial charge in [-0.1, -0.05) is 36.8 Å². The topological polar surface area (TPSA) is 134 Å². The smallest absolute Gasteiger partial charge is 0.325 e. The van der Waals surface area contributed by atoms with Crippen LogP contribution in [0.1, 0.15) is 41.8 Å². The predicted octanol–water partition coefficient (Wildman–Crippen LogP) is 2.96. The first-order valence-electron chi connectivity index (χ1n) is 12.2. The van der Waals surface area contributed by atoms with Gasteiger partial charge in [0.25, 0.3) is 5.91 Å². The van der Waals surface area contributed by atoms with Gasteiger partial charge in [-0.05, 0) is 56.0 Å². The van der Waals surface area contributed by atoms with E-state index in [1.807, 2.05) is 51.1 Å². The molecule has 4 amide bonds. The highest BCUT2D eigenvalue weighted by atomic mass is 16.2. The Morgan fingerprint density at radius 1 is 1.14 bits per heavy atom. The number of nitrogen functional groups attached to an aromatic ring is 1. The summed E-state index contributed by atoms with van der Waals surface area (Å²) in [7, 11) is 1.53. The Morgan fingerprint density at radius 2 is 1.86 bits per heavy atom. The number of carbonyl (C=O) groups is 3. The molecule has 3 aromatic rings. The number of aryl methyl sites for hydroxylation is 2. The Morgan fingerprint density at radius 3 is 2.51 bits per heavy atom. The third-order valence-electron chi connectivity index (χ3n) is 6.51. The quantitative estimate of drug-likeness (QED) is 0.475. The van der Waals surface area contributed by atoms with Gasteiger partial charge in [0.05, 0.1) is 12.0 Å². The zero-order valence-corrected chi connectivity index (χ0v) is 21.4. The number of nitrogens with zero attached hydrogens (tertiary/aromatic N) is 5. The number of rotatable bonds is 7. The van der Waals surface area contributed by atoms with Crippen molar-refractivity contribution in [3.8, 4) is 0 Å². The molecule has 1 aliphatic rings. The van der Waals surface area contributed by atoms with Crippen molar-refractivity contribution < 1.29 is 14.4 Å². The molecule has 0 radical (unpaired) electrons. The van der Waals surface area contributed by atoms with Crippen LogP contribution >= 0.6 is 0 Å². The molecule has 10 heteroatoms. The Hall–Kier alpha value is -4.34.